The Kier molecular flexibility index (Phi) is 3.53. The molecule has 1 aromatic carbocycles. The summed E-state index contributed by atoms with van der Waals surface area (Å²) in [7, 11) is 1.79. The summed E-state index contributed by atoms with van der Waals surface area (Å²) in [6.07, 6.45) is 4.86. The summed E-state index contributed by atoms with van der Waals surface area (Å²) in [6, 6.07) is 2.54. The summed E-state index contributed by atoms with van der Waals surface area (Å²) in [5.41, 5.74) is 2.89. The van der Waals surface area contributed by atoms with E-state index < -0.39 is 0 Å². The number of nitrogens with one attached hydrogen (secondary N) is 3. The van der Waals surface area contributed by atoms with E-state index in [1.807, 2.05) is 6.92 Å². The molecule has 6 heterocycles. The number of ether oxygens (including phenoxy) is 1. The molecule has 0 amide bonds. The average Bonchev–Trinajstić information content (AvgIpc) is 3.47. The van der Waals surface area contributed by atoms with Crippen LogP contribution in [0, 0.1) is 12.7 Å². The number of halogens is 1. The molecule has 0 saturated carbocycles. The third-order valence-electron chi connectivity index (χ3n) is 6.99. The van der Waals surface area contributed by atoms with Crippen LogP contribution in [0.3, 0.4) is 0 Å². The highest BCUT2D eigenvalue weighted by atomic mass is 19.1. The van der Waals surface area contributed by atoms with Crippen molar-refractivity contribution in [2.24, 2.45) is 0 Å². The van der Waals surface area contributed by atoms with Gasteiger partial charge in [-0.2, -0.15) is 9.97 Å². The molecule has 0 aliphatic carbocycles. The van der Waals surface area contributed by atoms with Crippen molar-refractivity contribution in [1.29, 1.82) is 0 Å². The maximum Gasteiger partial charge on any atom is 0.326 e. The van der Waals surface area contributed by atoms with Gasteiger partial charge in [-0.1, -0.05) is 0 Å². The maximum atomic E-state index is 15.3. The molecule has 3 aromatic heterocycles. The second-order valence-electron chi connectivity index (χ2n) is 8.71. The predicted molar refractivity (Wildman–Crippen MR) is 118 cm³/mol. The summed E-state index contributed by atoms with van der Waals surface area (Å²) in [4.78, 5) is 23.6. The van der Waals surface area contributed by atoms with E-state index in [4.69, 9.17) is 9.72 Å². The molecule has 3 aliphatic rings. The van der Waals surface area contributed by atoms with E-state index in [0.29, 0.717) is 41.4 Å². The summed E-state index contributed by atoms with van der Waals surface area (Å²) in [5.74, 6) is 1.73. The first-order valence-electron chi connectivity index (χ1n) is 10.8. The second kappa shape index (κ2) is 6.26. The Morgan fingerprint density at radius 3 is 2.88 bits per heavy atom. The molecule has 3 aliphatic heterocycles. The first-order valence-corrected chi connectivity index (χ1v) is 10.8. The molecule has 2 fully saturated rings. The van der Waals surface area contributed by atoms with Gasteiger partial charge in [-0.3, -0.25) is 0 Å². The lowest BCUT2D eigenvalue weighted by Gasteiger charge is -2.36. The molecule has 3 N–H and O–H groups in total. The van der Waals surface area contributed by atoms with Crippen molar-refractivity contribution >= 4 is 33.4 Å². The highest BCUT2D eigenvalue weighted by Gasteiger charge is 2.49. The van der Waals surface area contributed by atoms with Gasteiger partial charge in [-0.25, -0.2) is 14.4 Å². The number of rotatable bonds is 3. The van der Waals surface area contributed by atoms with Gasteiger partial charge in [0.2, 0.25) is 0 Å². The molecule has 0 unspecified atom stereocenters. The molecule has 0 spiro atoms. The molecular weight excluding hydrogens is 411 g/mol. The van der Waals surface area contributed by atoms with Crippen LogP contribution >= 0.6 is 0 Å². The normalized spacial score (nSPS) is 23.2. The summed E-state index contributed by atoms with van der Waals surface area (Å²) in [6.45, 7) is 2.71. The highest BCUT2D eigenvalue weighted by Crippen LogP contribution is 2.47. The van der Waals surface area contributed by atoms with Crippen LogP contribution in [0.1, 0.15) is 17.8 Å². The number of hydrogen-bond acceptors (Lipinski definition) is 8. The van der Waals surface area contributed by atoms with E-state index in [1.54, 1.807) is 25.5 Å². The number of aromatic amines is 1. The number of nitrogens with zero attached hydrogens (tertiary/aromatic N) is 5. The van der Waals surface area contributed by atoms with Crippen molar-refractivity contribution in [2.45, 2.75) is 37.9 Å². The number of hydrogen-bond donors (Lipinski definition) is 3. The SMILES string of the molecule is CNc1cc(F)c2c3c1[nH]c1nc(Oc4cnc(C)nc4)nc(c13)N1[C@H]3CN[C@H](C3)[C@@H]1C2. The number of aryl methyl sites for hydroxylation is 1. The van der Waals surface area contributed by atoms with Crippen molar-refractivity contribution < 1.29 is 9.13 Å². The Balaban J connectivity index is 1.50. The Labute approximate surface area is 182 Å². The third-order valence-corrected chi connectivity index (χ3v) is 6.99. The molecule has 10 heteroatoms. The van der Waals surface area contributed by atoms with Crippen LogP contribution in [0.25, 0.3) is 21.9 Å². The van der Waals surface area contributed by atoms with E-state index in [1.165, 1.54) is 0 Å². The standard InChI is InChI=1S/C22H21FN8O/c1-9-25-7-11(8-26-9)32-22-29-20-18-17-12(13(23)5-15(24-2)19(17)28-20)4-16-14-3-10(6-27-14)31(16)21(18)30-22/h5,7-8,10,14,16,24,27H,3-4,6H2,1-2H3,(H,28,29,30)/t10-,14-,16+/m1/s1. The van der Waals surface area contributed by atoms with E-state index in [2.05, 4.69) is 35.5 Å². The van der Waals surface area contributed by atoms with Crippen LogP contribution in [-0.2, 0) is 6.42 Å². The molecule has 4 aromatic rings. The lowest BCUT2D eigenvalue weighted by atomic mass is 9.97. The van der Waals surface area contributed by atoms with Gasteiger partial charge in [-0.15, -0.1) is 0 Å². The zero-order valence-electron chi connectivity index (χ0n) is 17.6. The number of piperazine rings is 1. The fourth-order valence-corrected chi connectivity index (χ4v) is 5.63. The van der Waals surface area contributed by atoms with Gasteiger partial charge in [0.15, 0.2) is 5.75 Å². The molecule has 2 saturated heterocycles. The molecule has 9 nitrogen and oxygen atoms in total. The van der Waals surface area contributed by atoms with Gasteiger partial charge in [0.1, 0.15) is 23.1 Å². The lowest BCUT2D eigenvalue weighted by Crippen LogP contribution is -2.52. The van der Waals surface area contributed by atoms with Gasteiger partial charge >= 0.3 is 6.01 Å². The molecule has 2 bridgehead atoms. The summed E-state index contributed by atoms with van der Waals surface area (Å²) in [5, 5.41) is 8.42. The van der Waals surface area contributed by atoms with E-state index in [0.717, 1.165) is 40.6 Å². The first-order chi connectivity index (χ1) is 15.6. The van der Waals surface area contributed by atoms with Crippen LogP contribution in [0.15, 0.2) is 18.5 Å². The fourth-order valence-electron chi connectivity index (χ4n) is 5.63. The van der Waals surface area contributed by atoms with Gasteiger partial charge < -0.3 is 25.3 Å². The maximum absolute atomic E-state index is 15.3. The second-order valence-corrected chi connectivity index (χ2v) is 8.71. The third kappa shape index (κ3) is 2.35. The fraction of sp³-hybridized carbons (Fsp3) is 0.364. The monoisotopic (exact) mass is 432 g/mol. The molecule has 0 radical (unpaired) electrons. The van der Waals surface area contributed by atoms with Gasteiger partial charge in [0, 0.05) is 36.6 Å². The molecule has 162 valence electrons. The van der Waals surface area contributed by atoms with Crippen LogP contribution < -0.4 is 20.3 Å². The van der Waals surface area contributed by atoms with Crippen LogP contribution in [-0.4, -0.2) is 56.6 Å². The van der Waals surface area contributed by atoms with Gasteiger partial charge in [0.25, 0.3) is 0 Å². The Hall–Kier alpha value is -3.53. The quantitative estimate of drug-likeness (QED) is 0.454. The highest BCUT2D eigenvalue weighted by molar-refractivity contribution is 6.16. The average molecular weight is 432 g/mol. The minimum Gasteiger partial charge on any atom is -0.421 e. The number of H-pyrrole nitrogens is 1. The number of fused-ring (bicyclic) bond motifs is 6. The largest absolute Gasteiger partial charge is 0.421 e. The predicted octanol–water partition coefficient (Wildman–Crippen LogP) is 2.66. The minimum atomic E-state index is -0.199. The van der Waals surface area contributed by atoms with Crippen molar-refractivity contribution in [3.8, 4) is 11.8 Å². The smallest absolute Gasteiger partial charge is 0.326 e. The van der Waals surface area contributed by atoms with Crippen molar-refractivity contribution in [3.63, 3.8) is 0 Å². The van der Waals surface area contributed by atoms with E-state index in [9.17, 15) is 0 Å². The zero-order valence-corrected chi connectivity index (χ0v) is 17.6. The van der Waals surface area contributed by atoms with Crippen LogP contribution in [0.2, 0.25) is 0 Å². The van der Waals surface area contributed by atoms with Crippen LogP contribution in [0.5, 0.6) is 11.8 Å². The van der Waals surface area contributed by atoms with Crippen LogP contribution in [0.4, 0.5) is 15.9 Å². The lowest BCUT2D eigenvalue weighted by molar-refractivity contribution is 0.431. The molecule has 32 heavy (non-hydrogen) atoms. The van der Waals surface area contributed by atoms with Gasteiger partial charge in [0.05, 0.1) is 35.0 Å². The van der Waals surface area contributed by atoms with Crippen molar-refractivity contribution in [2.75, 3.05) is 23.8 Å². The molecule has 7 rings (SSSR count). The first kappa shape index (κ1) is 18.1. The topological polar surface area (TPSA) is 104 Å². The summed E-state index contributed by atoms with van der Waals surface area (Å²) >= 11 is 0. The molecular formula is C22H21FN8O. The summed E-state index contributed by atoms with van der Waals surface area (Å²) < 4.78 is 21.3. The minimum absolute atomic E-state index is 0.132. The molecule has 3 atom stereocenters. The Bertz CT molecular complexity index is 1400. The number of anilines is 2. The van der Waals surface area contributed by atoms with Crippen molar-refractivity contribution in [1.82, 2.24) is 30.2 Å². The van der Waals surface area contributed by atoms with Gasteiger partial charge in [-0.05, 0) is 25.8 Å². The number of benzene rings is 1. The van der Waals surface area contributed by atoms with E-state index >= 15 is 4.39 Å². The van der Waals surface area contributed by atoms with E-state index in [-0.39, 0.29) is 17.9 Å². The Morgan fingerprint density at radius 1 is 1.22 bits per heavy atom. The number of aromatic nitrogens is 5. The Morgan fingerprint density at radius 2 is 2.06 bits per heavy atom. The zero-order chi connectivity index (χ0) is 21.6. The van der Waals surface area contributed by atoms with Crippen molar-refractivity contribution in [3.05, 3.63) is 35.7 Å².